The molecule has 10 heteroatoms. The molecule has 1 aliphatic heterocycles. The fourth-order valence-corrected chi connectivity index (χ4v) is 5.03. The van der Waals surface area contributed by atoms with Crippen molar-refractivity contribution in [1.29, 1.82) is 0 Å². The first-order valence-electron chi connectivity index (χ1n) is 13.4. The molecule has 9 nitrogen and oxygen atoms in total. The molecule has 0 aliphatic carbocycles. The van der Waals surface area contributed by atoms with Crippen molar-refractivity contribution in [3.63, 3.8) is 0 Å². The van der Waals surface area contributed by atoms with Crippen molar-refractivity contribution in [2.24, 2.45) is 0 Å². The maximum absolute atomic E-state index is 13.6. The highest BCUT2D eigenvalue weighted by molar-refractivity contribution is 7.99. The Morgan fingerprint density at radius 2 is 1.85 bits per heavy atom. The first kappa shape index (κ1) is 28.4. The Labute approximate surface area is 244 Å². The Morgan fingerprint density at radius 3 is 2.56 bits per heavy atom. The lowest BCUT2D eigenvalue weighted by molar-refractivity contribution is 0.102. The number of fused-ring (bicyclic) bond motifs is 1. The van der Waals surface area contributed by atoms with E-state index in [2.05, 4.69) is 63.6 Å². The molecule has 4 aromatic rings. The summed E-state index contributed by atoms with van der Waals surface area (Å²) in [5.74, 6) is 0.908. The number of amides is 1. The molecule has 4 N–H and O–H groups in total. The Bertz CT molecular complexity index is 1650. The minimum absolute atomic E-state index is 0.124. The average molecular weight is 570 g/mol. The highest BCUT2D eigenvalue weighted by Crippen LogP contribution is 2.40. The van der Waals surface area contributed by atoms with Gasteiger partial charge in [-0.15, -0.1) is 0 Å². The number of hydrogen-bond donors (Lipinski definition) is 4. The first-order chi connectivity index (χ1) is 19.7. The van der Waals surface area contributed by atoms with Gasteiger partial charge in [0, 0.05) is 30.6 Å². The molecular formula is C31H35N7O2S. The molecule has 0 bridgehead atoms. The molecule has 0 radical (unpaired) electrons. The van der Waals surface area contributed by atoms with Gasteiger partial charge in [-0.05, 0) is 65.4 Å². The Hall–Kier alpha value is -4.15. The Balaban J connectivity index is 1.46. The van der Waals surface area contributed by atoms with Crippen molar-refractivity contribution < 1.29 is 9.53 Å². The molecule has 0 saturated carbocycles. The SMILES string of the molecule is COc1c(NSC)cc(C(C)(C)C)cc1NC(=O)c1ccc(C)c(Nc2ncnc3ccc(C4=CCNC4)nc23)c1. The van der Waals surface area contributed by atoms with Crippen LogP contribution in [0.3, 0.4) is 0 Å². The van der Waals surface area contributed by atoms with Crippen LogP contribution in [-0.2, 0) is 5.41 Å². The molecule has 0 saturated heterocycles. The van der Waals surface area contributed by atoms with Crippen molar-refractivity contribution in [2.75, 3.05) is 41.8 Å². The molecular weight excluding hydrogens is 534 g/mol. The number of carbonyl (C=O) groups excluding carboxylic acids is 1. The van der Waals surface area contributed by atoms with Gasteiger partial charge in [-0.25, -0.2) is 15.0 Å². The van der Waals surface area contributed by atoms with Gasteiger partial charge in [-0.1, -0.05) is 44.9 Å². The molecule has 2 aromatic carbocycles. The molecule has 41 heavy (non-hydrogen) atoms. The summed E-state index contributed by atoms with van der Waals surface area (Å²) in [5.41, 5.74) is 8.03. The largest absolute Gasteiger partial charge is 0.492 e. The number of rotatable bonds is 8. The van der Waals surface area contributed by atoms with Gasteiger partial charge in [0.15, 0.2) is 11.6 Å². The number of pyridine rings is 1. The van der Waals surface area contributed by atoms with E-state index in [-0.39, 0.29) is 11.3 Å². The topological polar surface area (TPSA) is 113 Å². The van der Waals surface area contributed by atoms with Gasteiger partial charge in [0.2, 0.25) is 0 Å². The molecule has 0 atom stereocenters. The van der Waals surface area contributed by atoms with Crippen LogP contribution in [-0.4, -0.2) is 47.3 Å². The van der Waals surface area contributed by atoms with Crippen LogP contribution in [0.4, 0.5) is 22.9 Å². The maximum atomic E-state index is 13.6. The zero-order valence-electron chi connectivity index (χ0n) is 24.2. The van der Waals surface area contributed by atoms with Crippen LogP contribution in [0.2, 0.25) is 0 Å². The van der Waals surface area contributed by atoms with Gasteiger partial charge in [-0.3, -0.25) is 4.79 Å². The maximum Gasteiger partial charge on any atom is 0.255 e. The van der Waals surface area contributed by atoms with E-state index in [4.69, 9.17) is 9.72 Å². The Kier molecular flexibility index (Phi) is 8.14. The van der Waals surface area contributed by atoms with Crippen LogP contribution in [0.1, 0.15) is 48.0 Å². The van der Waals surface area contributed by atoms with Crippen LogP contribution in [0.15, 0.2) is 54.9 Å². The third kappa shape index (κ3) is 6.13. The zero-order chi connectivity index (χ0) is 29.1. The summed E-state index contributed by atoms with van der Waals surface area (Å²) in [7, 11) is 1.60. The van der Waals surface area contributed by atoms with Crippen LogP contribution >= 0.6 is 11.9 Å². The number of aromatic nitrogens is 3. The molecule has 212 valence electrons. The summed E-state index contributed by atoms with van der Waals surface area (Å²) < 4.78 is 8.99. The minimum atomic E-state index is -0.249. The second kappa shape index (κ2) is 11.8. The summed E-state index contributed by atoms with van der Waals surface area (Å²) >= 11 is 1.47. The normalized spacial score (nSPS) is 13.2. The van der Waals surface area contributed by atoms with Gasteiger partial charge < -0.3 is 25.4 Å². The van der Waals surface area contributed by atoms with Crippen molar-refractivity contribution in [2.45, 2.75) is 33.1 Å². The Morgan fingerprint density at radius 1 is 1.05 bits per heavy atom. The predicted molar refractivity (Wildman–Crippen MR) is 169 cm³/mol. The van der Waals surface area contributed by atoms with Crippen molar-refractivity contribution in [3.8, 4) is 5.75 Å². The van der Waals surface area contributed by atoms with Gasteiger partial charge >= 0.3 is 0 Å². The summed E-state index contributed by atoms with van der Waals surface area (Å²) in [4.78, 5) is 27.3. The monoisotopic (exact) mass is 569 g/mol. The van der Waals surface area contributed by atoms with E-state index in [1.807, 2.05) is 49.6 Å². The molecule has 0 unspecified atom stereocenters. The van der Waals surface area contributed by atoms with E-state index in [0.29, 0.717) is 28.3 Å². The number of nitrogens with one attached hydrogen (secondary N) is 4. The number of ether oxygens (including phenoxy) is 1. The lowest BCUT2D eigenvalue weighted by Crippen LogP contribution is -2.16. The first-order valence-corrected chi connectivity index (χ1v) is 14.6. The summed E-state index contributed by atoms with van der Waals surface area (Å²) in [6.07, 6.45) is 5.61. The molecule has 3 heterocycles. The standard InChI is InChI=1S/C31H35N7O2S/c1-18-7-8-19(30(39)37-25-14-21(31(2,3)4)15-26(38-41-6)28(25)40-5)13-24(18)36-29-27-23(33-17-34-29)10-9-22(35-27)20-11-12-32-16-20/h7-11,13-15,17,32,38H,12,16H2,1-6H3,(H,37,39)(H,33,34,36). The highest BCUT2D eigenvalue weighted by atomic mass is 32.2. The van der Waals surface area contributed by atoms with Gasteiger partial charge in [0.1, 0.15) is 11.8 Å². The number of aryl methyl sites for hydroxylation is 1. The molecule has 0 spiro atoms. The lowest BCUT2D eigenvalue weighted by Gasteiger charge is -2.24. The number of carbonyl (C=O) groups is 1. The van der Waals surface area contributed by atoms with Gasteiger partial charge in [-0.2, -0.15) is 0 Å². The summed E-state index contributed by atoms with van der Waals surface area (Å²) in [6.45, 7) is 10.0. The second-order valence-corrected chi connectivity index (χ2v) is 11.5. The van der Waals surface area contributed by atoms with Crippen molar-refractivity contribution in [1.82, 2.24) is 20.3 Å². The number of benzene rings is 2. The summed E-state index contributed by atoms with van der Waals surface area (Å²) in [5, 5.41) is 9.79. The summed E-state index contributed by atoms with van der Waals surface area (Å²) in [6, 6.07) is 13.5. The van der Waals surface area contributed by atoms with E-state index >= 15 is 0 Å². The molecule has 1 amide bonds. The van der Waals surface area contributed by atoms with Gasteiger partial charge in [0.25, 0.3) is 5.91 Å². The quantitative estimate of drug-likeness (QED) is 0.181. The predicted octanol–water partition coefficient (Wildman–Crippen LogP) is 6.31. The number of methoxy groups -OCH3 is 1. The molecule has 0 fully saturated rings. The van der Waals surface area contributed by atoms with Crippen LogP contribution in [0.5, 0.6) is 5.75 Å². The van der Waals surface area contributed by atoms with Crippen LogP contribution < -0.4 is 25.4 Å². The van der Waals surface area contributed by atoms with E-state index in [0.717, 1.165) is 52.4 Å². The molecule has 5 rings (SSSR count). The third-order valence-electron chi connectivity index (χ3n) is 6.99. The lowest BCUT2D eigenvalue weighted by atomic mass is 9.86. The second-order valence-electron chi connectivity index (χ2n) is 10.9. The zero-order valence-corrected chi connectivity index (χ0v) is 25.0. The molecule has 2 aromatic heterocycles. The van der Waals surface area contributed by atoms with Crippen molar-refractivity contribution >= 4 is 57.3 Å². The van der Waals surface area contributed by atoms with Gasteiger partial charge in [0.05, 0.1) is 29.7 Å². The van der Waals surface area contributed by atoms with Crippen molar-refractivity contribution in [3.05, 3.63) is 77.3 Å². The number of anilines is 4. The van der Waals surface area contributed by atoms with E-state index < -0.39 is 0 Å². The van der Waals surface area contributed by atoms with E-state index in [1.54, 1.807) is 7.11 Å². The minimum Gasteiger partial charge on any atom is -0.492 e. The van der Waals surface area contributed by atoms with E-state index in [9.17, 15) is 4.79 Å². The average Bonchev–Trinajstić information content (AvgIpc) is 3.49. The third-order valence-corrected chi connectivity index (χ3v) is 7.42. The fourth-order valence-electron chi connectivity index (χ4n) is 4.66. The highest BCUT2D eigenvalue weighted by Gasteiger charge is 2.21. The van der Waals surface area contributed by atoms with Crippen LogP contribution in [0.25, 0.3) is 16.6 Å². The molecule has 1 aliphatic rings. The number of hydrogen-bond acceptors (Lipinski definition) is 9. The van der Waals surface area contributed by atoms with Crippen LogP contribution in [0, 0.1) is 6.92 Å². The smallest absolute Gasteiger partial charge is 0.255 e. The number of nitrogens with zero attached hydrogens (tertiary/aromatic N) is 3. The van der Waals surface area contributed by atoms with E-state index in [1.165, 1.54) is 18.3 Å². The fraction of sp³-hybridized carbons (Fsp3) is 0.290.